The van der Waals surface area contributed by atoms with Crippen molar-refractivity contribution in [2.75, 3.05) is 20.7 Å². The summed E-state index contributed by atoms with van der Waals surface area (Å²) in [6, 6.07) is 2.14. The SMILES string of the molecule is COc1c(C)c(C)c(Cl)c(C)c1CN(C)CC#N. The van der Waals surface area contributed by atoms with Crippen LogP contribution in [0.4, 0.5) is 0 Å². The van der Waals surface area contributed by atoms with Crippen LogP contribution >= 0.6 is 11.6 Å². The third kappa shape index (κ3) is 2.77. The van der Waals surface area contributed by atoms with Crippen molar-refractivity contribution in [3.63, 3.8) is 0 Å². The summed E-state index contributed by atoms with van der Waals surface area (Å²) in [5, 5.41) is 9.50. The van der Waals surface area contributed by atoms with Gasteiger partial charge in [0.05, 0.1) is 19.7 Å². The van der Waals surface area contributed by atoms with Crippen LogP contribution in [-0.2, 0) is 6.54 Å². The van der Waals surface area contributed by atoms with Crippen LogP contribution in [0.15, 0.2) is 0 Å². The molecule has 1 rings (SSSR count). The summed E-state index contributed by atoms with van der Waals surface area (Å²) in [5.41, 5.74) is 4.20. The zero-order valence-electron chi connectivity index (χ0n) is 11.6. The number of ether oxygens (including phenoxy) is 1. The van der Waals surface area contributed by atoms with Gasteiger partial charge in [0.2, 0.25) is 0 Å². The molecule has 0 aliphatic carbocycles. The van der Waals surface area contributed by atoms with Gasteiger partial charge in [-0.3, -0.25) is 4.90 Å². The van der Waals surface area contributed by atoms with Crippen LogP contribution in [0, 0.1) is 32.1 Å². The molecule has 98 valence electrons. The standard InChI is InChI=1S/C14H19ClN2O/c1-9-10(2)14(18-5)12(11(3)13(9)15)8-17(4)7-6-16/h7-8H2,1-5H3. The molecule has 0 aliphatic heterocycles. The first-order valence-corrected chi connectivity index (χ1v) is 6.19. The van der Waals surface area contributed by atoms with Crippen molar-refractivity contribution in [3.8, 4) is 11.8 Å². The average Bonchev–Trinajstić information content (AvgIpc) is 2.34. The van der Waals surface area contributed by atoms with E-state index >= 15 is 0 Å². The lowest BCUT2D eigenvalue weighted by atomic mass is 9.98. The van der Waals surface area contributed by atoms with Crippen molar-refractivity contribution >= 4 is 11.6 Å². The van der Waals surface area contributed by atoms with Crippen molar-refractivity contribution in [2.24, 2.45) is 0 Å². The summed E-state index contributed by atoms with van der Waals surface area (Å²) in [5.74, 6) is 0.874. The maximum Gasteiger partial charge on any atom is 0.126 e. The molecular weight excluding hydrogens is 248 g/mol. The summed E-state index contributed by atoms with van der Waals surface area (Å²) in [6.07, 6.45) is 0. The molecule has 0 unspecified atom stereocenters. The molecule has 18 heavy (non-hydrogen) atoms. The maximum atomic E-state index is 8.71. The van der Waals surface area contributed by atoms with Crippen molar-refractivity contribution in [1.29, 1.82) is 5.26 Å². The summed E-state index contributed by atoms with van der Waals surface area (Å²) in [7, 11) is 3.58. The average molecular weight is 267 g/mol. The van der Waals surface area contributed by atoms with Gasteiger partial charge in [0.15, 0.2) is 0 Å². The van der Waals surface area contributed by atoms with E-state index in [1.807, 2.05) is 32.7 Å². The van der Waals surface area contributed by atoms with Crippen LogP contribution < -0.4 is 4.74 Å². The van der Waals surface area contributed by atoms with Gasteiger partial charge in [-0.25, -0.2) is 0 Å². The van der Waals surface area contributed by atoms with Crippen LogP contribution in [0.25, 0.3) is 0 Å². The van der Waals surface area contributed by atoms with E-state index in [1.54, 1.807) is 7.11 Å². The Morgan fingerprint density at radius 3 is 2.33 bits per heavy atom. The van der Waals surface area contributed by atoms with Crippen LogP contribution in [0.1, 0.15) is 22.3 Å². The summed E-state index contributed by atoms with van der Waals surface area (Å²) >= 11 is 6.34. The van der Waals surface area contributed by atoms with Crippen LogP contribution in [-0.4, -0.2) is 25.6 Å². The van der Waals surface area contributed by atoms with E-state index in [0.717, 1.165) is 33.0 Å². The fraction of sp³-hybridized carbons (Fsp3) is 0.500. The van der Waals surface area contributed by atoms with Crippen molar-refractivity contribution in [3.05, 3.63) is 27.3 Å². The Kier molecular flexibility index (Phi) is 5.01. The fourth-order valence-electron chi connectivity index (χ4n) is 2.06. The molecule has 0 fully saturated rings. The second-order valence-corrected chi connectivity index (χ2v) is 4.91. The predicted octanol–water partition coefficient (Wildman–Crippen LogP) is 3.23. The monoisotopic (exact) mass is 266 g/mol. The highest BCUT2D eigenvalue weighted by Crippen LogP contribution is 2.36. The smallest absolute Gasteiger partial charge is 0.126 e. The van der Waals surface area contributed by atoms with E-state index in [9.17, 15) is 0 Å². The Hall–Kier alpha value is -1.24. The molecule has 0 N–H and O–H groups in total. The van der Waals surface area contributed by atoms with Gasteiger partial charge in [-0.15, -0.1) is 0 Å². The molecule has 0 heterocycles. The largest absolute Gasteiger partial charge is 0.496 e. The quantitative estimate of drug-likeness (QED) is 0.785. The number of halogens is 1. The molecule has 0 spiro atoms. The van der Waals surface area contributed by atoms with E-state index in [1.165, 1.54) is 0 Å². The summed E-state index contributed by atoms with van der Waals surface area (Å²) in [4.78, 5) is 1.94. The molecule has 0 amide bonds. The lowest BCUT2D eigenvalue weighted by molar-refractivity contribution is 0.347. The number of hydrogen-bond acceptors (Lipinski definition) is 3. The Bertz CT molecular complexity index is 492. The Balaban J connectivity index is 3.30. The minimum atomic E-state index is 0.382. The molecule has 0 bridgehead atoms. The molecule has 0 aromatic heterocycles. The predicted molar refractivity (Wildman–Crippen MR) is 74.2 cm³/mol. The van der Waals surface area contributed by atoms with Crippen LogP contribution in [0.3, 0.4) is 0 Å². The Labute approximate surface area is 114 Å². The number of nitrogens with zero attached hydrogens (tertiary/aromatic N) is 2. The molecule has 0 saturated heterocycles. The van der Waals surface area contributed by atoms with E-state index < -0.39 is 0 Å². The molecule has 1 aromatic carbocycles. The number of rotatable bonds is 4. The van der Waals surface area contributed by atoms with Gasteiger partial charge >= 0.3 is 0 Å². The number of methoxy groups -OCH3 is 1. The van der Waals surface area contributed by atoms with Gasteiger partial charge in [0, 0.05) is 17.1 Å². The van der Waals surface area contributed by atoms with E-state index in [-0.39, 0.29) is 0 Å². The lowest BCUT2D eigenvalue weighted by Crippen LogP contribution is -2.19. The number of nitriles is 1. The first kappa shape index (κ1) is 14.8. The van der Waals surface area contributed by atoms with E-state index in [0.29, 0.717) is 13.1 Å². The Morgan fingerprint density at radius 1 is 1.22 bits per heavy atom. The highest BCUT2D eigenvalue weighted by Gasteiger charge is 2.17. The first-order chi connectivity index (χ1) is 8.43. The number of hydrogen-bond donors (Lipinski definition) is 0. The maximum absolute atomic E-state index is 8.71. The number of benzene rings is 1. The minimum absolute atomic E-state index is 0.382. The molecule has 0 aliphatic rings. The zero-order valence-corrected chi connectivity index (χ0v) is 12.4. The molecule has 1 aromatic rings. The third-order valence-corrected chi connectivity index (χ3v) is 3.83. The molecule has 0 radical (unpaired) electrons. The minimum Gasteiger partial charge on any atom is -0.496 e. The van der Waals surface area contributed by atoms with Gasteiger partial charge in [-0.1, -0.05) is 11.6 Å². The third-order valence-electron chi connectivity index (χ3n) is 3.26. The highest BCUT2D eigenvalue weighted by atomic mass is 35.5. The fourth-order valence-corrected chi connectivity index (χ4v) is 2.31. The van der Waals surface area contributed by atoms with Crippen molar-refractivity contribution in [1.82, 2.24) is 4.90 Å². The van der Waals surface area contributed by atoms with Gasteiger partial charge in [-0.05, 0) is 44.5 Å². The highest BCUT2D eigenvalue weighted by molar-refractivity contribution is 6.32. The van der Waals surface area contributed by atoms with Crippen LogP contribution in [0.5, 0.6) is 5.75 Å². The van der Waals surface area contributed by atoms with Crippen molar-refractivity contribution in [2.45, 2.75) is 27.3 Å². The Morgan fingerprint density at radius 2 is 1.83 bits per heavy atom. The van der Waals surface area contributed by atoms with Gasteiger partial charge < -0.3 is 4.74 Å². The van der Waals surface area contributed by atoms with Gasteiger partial charge in [0.25, 0.3) is 0 Å². The first-order valence-electron chi connectivity index (χ1n) is 5.81. The second kappa shape index (κ2) is 6.08. The topological polar surface area (TPSA) is 36.3 Å². The van der Waals surface area contributed by atoms with E-state index in [2.05, 4.69) is 6.07 Å². The van der Waals surface area contributed by atoms with Crippen molar-refractivity contribution < 1.29 is 4.74 Å². The molecule has 3 nitrogen and oxygen atoms in total. The normalized spacial score (nSPS) is 10.6. The molecule has 4 heteroatoms. The molecule has 0 atom stereocenters. The summed E-state index contributed by atoms with van der Waals surface area (Å²) < 4.78 is 5.50. The summed E-state index contributed by atoms with van der Waals surface area (Å²) in [6.45, 7) is 7.03. The lowest BCUT2D eigenvalue weighted by Gasteiger charge is -2.21. The second-order valence-electron chi connectivity index (χ2n) is 4.53. The zero-order chi connectivity index (χ0) is 13.9. The van der Waals surface area contributed by atoms with Gasteiger partial charge in [0.1, 0.15) is 5.75 Å². The molecule has 0 saturated carbocycles. The molecular formula is C14H19ClN2O. The van der Waals surface area contributed by atoms with Gasteiger partial charge in [-0.2, -0.15) is 5.26 Å². The van der Waals surface area contributed by atoms with Crippen LogP contribution in [0.2, 0.25) is 5.02 Å². The van der Waals surface area contributed by atoms with E-state index in [4.69, 9.17) is 21.6 Å².